The molecule has 2 aromatic rings. The summed E-state index contributed by atoms with van der Waals surface area (Å²) in [6, 6.07) is 11.7. The number of nitrogens with zero attached hydrogens (tertiary/aromatic N) is 1. The second-order valence-electron chi connectivity index (χ2n) is 5.51. The summed E-state index contributed by atoms with van der Waals surface area (Å²) in [5, 5.41) is 0. The first kappa shape index (κ1) is 14.9. The Hall–Kier alpha value is -1.98. The fourth-order valence-corrected chi connectivity index (χ4v) is 2.71. The van der Waals surface area contributed by atoms with Crippen LogP contribution >= 0.6 is 0 Å². The van der Waals surface area contributed by atoms with E-state index in [1.165, 1.54) is 6.07 Å². The van der Waals surface area contributed by atoms with E-state index in [2.05, 4.69) is 4.90 Å². The van der Waals surface area contributed by atoms with Crippen LogP contribution in [0.5, 0.6) is 0 Å². The van der Waals surface area contributed by atoms with Gasteiger partial charge in [-0.2, -0.15) is 0 Å². The summed E-state index contributed by atoms with van der Waals surface area (Å²) < 4.78 is 32.1. The molecule has 0 saturated carbocycles. The van der Waals surface area contributed by atoms with Crippen molar-refractivity contribution in [3.8, 4) is 0 Å². The quantitative estimate of drug-likeness (QED) is 0.886. The third-order valence-corrected chi connectivity index (χ3v) is 3.82. The molecule has 22 heavy (non-hydrogen) atoms. The zero-order valence-electron chi connectivity index (χ0n) is 12.1. The van der Waals surface area contributed by atoms with E-state index in [-0.39, 0.29) is 6.10 Å². The summed E-state index contributed by atoms with van der Waals surface area (Å²) in [5.41, 5.74) is 8.32. The van der Waals surface area contributed by atoms with Gasteiger partial charge in [0.25, 0.3) is 0 Å². The van der Waals surface area contributed by atoms with Crippen LogP contribution in [0.25, 0.3) is 0 Å². The van der Waals surface area contributed by atoms with Gasteiger partial charge >= 0.3 is 0 Å². The Morgan fingerprint density at radius 3 is 2.77 bits per heavy atom. The molecule has 1 aliphatic heterocycles. The first-order valence-electron chi connectivity index (χ1n) is 7.25. The number of nitrogen functional groups attached to an aromatic ring is 1. The van der Waals surface area contributed by atoms with Crippen molar-refractivity contribution in [3.63, 3.8) is 0 Å². The van der Waals surface area contributed by atoms with Gasteiger partial charge in [-0.1, -0.05) is 18.2 Å². The predicted octanol–water partition coefficient (Wildman–Crippen LogP) is 3.12. The van der Waals surface area contributed by atoms with Crippen LogP contribution in [-0.2, 0) is 11.3 Å². The summed E-state index contributed by atoms with van der Waals surface area (Å²) >= 11 is 0. The zero-order valence-corrected chi connectivity index (χ0v) is 12.1. The van der Waals surface area contributed by atoms with Crippen LogP contribution in [0.4, 0.5) is 14.5 Å². The van der Waals surface area contributed by atoms with Crippen LogP contribution < -0.4 is 5.73 Å². The highest BCUT2D eigenvalue weighted by molar-refractivity contribution is 5.40. The Morgan fingerprint density at radius 2 is 2.00 bits per heavy atom. The minimum atomic E-state index is -0.839. The van der Waals surface area contributed by atoms with Crippen molar-refractivity contribution in [2.75, 3.05) is 25.4 Å². The summed E-state index contributed by atoms with van der Waals surface area (Å²) in [6.07, 6.45) is -0.245. The lowest BCUT2D eigenvalue weighted by Gasteiger charge is -2.33. The smallest absolute Gasteiger partial charge is 0.159 e. The van der Waals surface area contributed by atoms with E-state index in [0.717, 1.165) is 30.4 Å². The standard InChI is InChI=1S/C17H18F2N2O/c18-15-5-4-13(9-16(15)19)17-11-21(6-7-22-17)10-12-2-1-3-14(20)8-12/h1-5,8-9,17H,6-7,10-11,20H2. The molecule has 1 fully saturated rings. The number of hydrogen-bond acceptors (Lipinski definition) is 3. The lowest BCUT2D eigenvalue weighted by Crippen LogP contribution is -2.37. The lowest BCUT2D eigenvalue weighted by atomic mass is 10.1. The second kappa shape index (κ2) is 6.42. The van der Waals surface area contributed by atoms with Crippen LogP contribution in [0.1, 0.15) is 17.2 Å². The van der Waals surface area contributed by atoms with Gasteiger partial charge < -0.3 is 10.5 Å². The van der Waals surface area contributed by atoms with E-state index in [0.29, 0.717) is 18.7 Å². The number of halogens is 2. The maximum Gasteiger partial charge on any atom is 0.159 e. The molecule has 0 radical (unpaired) electrons. The minimum absolute atomic E-state index is 0.245. The average Bonchev–Trinajstić information content (AvgIpc) is 2.50. The molecule has 1 saturated heterocycles. The third-order valence-electron chi connectivity index (χ3n) is 3.82. The molecule has 1 atom stereocenters. The lowest BCUT2D eigenvalue weighted by molar-refractivity contribution is -0.0330. The molecule has 0 aromatic heterocycles. The Morgan fingerprint density at radius 1 is 1.14 bits per heavy atom. The molecule has 0 spiro atoms. The Bertz CT molecular complexity index is 663. The van der Waals surface area contributed by atoms with Gasteiger partial charge in [0.1, 0.15) is 0 Å². The molecule has 3 rings (SSSR count). The van der Waals surface area contributed by atoms with Gasteiger partial charge in [-0.15, -0.1) is 0 Å². The highest BCUT2D eigenvalue weighted by atomic mass is 19.2. The number of rotatable bonds is 3. The number of anilines is 1. The second-order valence-corrected chi connectivity index (χ2v) is 5.51. The van der Waals surface area contributed by atoms with E-state index >= 15 is 0 Å². The monoisotopic (exact) mass is 304 g/mol. The SMILES string of the molecule is Nc1cccc(CN2CCOC(c3ccc(F)c(F)c3)C2)c1. The Balaban J connectivity index is 1.69. The maximum absolute atomic E-state index is 13.4. The van der Waals surface area contributed by atoms with Crippen LogP contribution in [-0.4, -0.2) is 24.6 Å². The minimum Gasteiger partial charge on any atom is -0.399 e. The van der Waals surface area contributed by atoms with E-state index in [1.54, 1.807) is 6.07 Å². The zero-order chi connectivity index (χ0) is 15.5. The molecular weight excluding hydrogens is 286 g/mol. The third kappa shape index (κ3) is 3.43. The number of morpholine rings is 1. The molecule has 1 heterocycles. The maximum atomic E-state index is 13.4. The van der Waals surface area contributed by atoms with Crippen LogP contribution in [0.3, 0.4) is 0 Å². The summed E-state index contributed by atoms with van der Waals surface area (Å²) in [7, 11) is 0. The first-order chi connectivity index (χ1) is 10.6. The fraction of sp³-hybridized carbons (Fsp3) is 0.294. The van der Waals surface area contributed by atoms with Crippen LogP contribution in [0.2, 0.25) is 0 Å². The molecule has 2 N–H and O–H groups in total. The van der Waals surface area contributed by atoms with Gasteiger partial charge in [-0.05, 0) is 35.4 Å². The summed E-state index contributed by atoms with van der Waals surface area (Å²) in [4.78, 5) is 2.23. The number of nitrogens with two attached hydrogens (primary N) is 1. The van der Waals surface area contributed by atoms with Crippen LogP contribution in [0, 0.1) is 11.6 Å². The van der Waals surface area contributed by atoms with Crippen LogP contribution in [0.15, 0.2) is 42.5 Å². The van der Waals surface area contributed by atoms with Gasteiger partial charge in [0.05, 0.1) is 12.7 Å². The molecule has 2 aromatic carbocycles. The summed E-state index contributed by atoms with van der Waals surface area (Å²) in [5.74, 6) is -1.68. The van der Waals surface area contributed by atoms with Gasteiger partial charge in [-0.25, -0.2) is 8.78 Å². The molecule has 0 aliphatic carbocycles. The van der Waals surface area contributed by atoms with Crippen molar-refractivity contribution < 1.29 is 13.5 Å². The van der Waals surface area contributed by atoms with Crippen molar-refractivity contribution >= 4 is 5.69 Å². The topological polar surface area (TPSA) is 38.5 Å². The Labute approximate surface area is 128 Å². The molecule has 5 heteroatoms. The molecule has 3 nitrogen and oxygen atoms in total. The molecule has 0 amide bonds. The molecule has 0 bridgehead atoms. The van der Waals surface area contributed by atoms with E-state index in [9.17, 15) is 8.78 Å². The van der Waals surface area contributed by atoms with Crippen molar-refractivity contribution in [2.45, 2.75) is 12.6 Å². The predicted molar refractivity (Wildman–Crippen MR) is 81.2 cm³/mol. The van der Waals surface area contributed by atoms with Gasteiger partial charge in [0, 0.05) is 25.3 Å². The normalized spacial score (nSPS) is 19.3. The van der Waals surface area contributed by atoms with Crippen molar-refractivity contribution in [2.24, 2.45) is 0 Å². The first-order valence-corrected chi connectivity index (χ1v) is 7.25. The average molecular weight is 304 g/mol. The van der Waals surface area contributed by atoms with Crippen molar-refractivity contribution in [3.05, 3.63) is 65.2 Å². The van der Waals surface area contributed by atoms with E-state index < -0.39 is 11.6 Å². The highest BCUT2D eigenvalue weighted by Crippen LogP contribution is 2.25. The molecule has 1 unspecified atom stereocenters. The number of benzene rings is 2. The van der Waals surface area contributed by atoms with E-state index in [4.69, 9.17) is 10.5 Å². The van der Waals surface area contributed by atoms with Gasteiger partial charge in [0.15, 0.2) is 11.6 Å². The van der Waals surface area contributed by atoms with Crippen molar-refractivity contribution in [1.29, 1.82) is 0 Å². The van der Waals surface area contributed by atoms with Gasteiger partial charge in [-0.3, -0.25) is 4.90 Å². The Kier molecular flexibility index (Phi) is 4.36. The fourth-order valence-electron chi connectivity index (χ4n) is 2.71. The highest BCUT2D eigenvalue weighted by Gasteiger charge is 2.23. The number of ether oxygens (including phenoxy) is 1. The van der Waals surface area contributed by atoms with Crippen molar-refractivity contribution in [1.82, 2.24) is 4.90 Å². The summed E-state index contributed by atoms with van der Waals surface area (Å²) in [6.45, 7) is 2.76. The number of hydrogen-bond donors (Lipinski definition) is 1. The molecular formula is C17H18F2N2O. The largest absolute Gasteiger partial charge is 0.399 e. The van der Waals surface area contributed by atoms with E-state index in [1.807, 2.05) is 24.3 Å². The molecule has 116 valence electrons. The molecule has 1 aliphatic rings. The van der Waals surface area contributed by atoms with Gasteiger partial charge in [0.2, 0.25) is 0 Å².